The molecule has 29 heavy (non-hydrogen) atoms. The summed E-state index contributed by atoms with van der Waals surface area (Å²) in [5, 5.41) is 2.86. The zero-order chi connectivity index (χ0) is 20.3. The Hall–Kier alpha value is -2.31. The van der Waals surface area contributed by atoms with Crippen molar-refractivity contribution in [3.63, 3.8) is 0 Å². The number of halogens is 2. The Balaban J connectivity index is 1.17. The second-order valence-electron chi connectivity index (χ2n) is 7.91. The third kappa shape index (κ3) is 4.49. The van der Waals surface area contributed by atoms with Gasteiger partial charge in [0.2, 0.25) is 5.91 Å². The lowest BCUT2D eigenvalue weighted by Crippen LogP contribution is -2.43. The summed E-state index contributed by atoms with van der Waals surface area (Å²) in [6, 6.07) is 12.1. The highest BCUT2D eigenvalue weighted by atomic mass is 19.2. The standard InChI is InChI=1S/C23H26F2N2O2/c24-20-7-6-17(14-21(20)25)15-22(28)26-10-3-11-27-12-8-23(9-13-27)19-5-2-1-4-18(19)16-29-23/h1-2,4-7,14H,3,8-13,15-16H2,(H,26,28). The summed E-state index contributed by atoms with van der Waals surface area (Å²) in [5.74, 6) is -2.00. The number of hydrogen-bond acceptors (Lipinski definition) is 3. The number of ether oxygens (including phenoxy) is 1. The molecule has 0 aromatic heterocycles. The molecule has 0 radical (unpaired) electrons. The SMILES string of the molecule is O=C(Cc1ccc(F)c(F)c1)NCCCN1CCC2(CC1)OCc1ccccc12. The molecule has 0 atom stereocenters. The van der Waals surface area contributed by atoms with Crippen molar-refractivity contribution in [2.45, 2.75) is 37.9 Å². The van der Waals surface area contributed by atoms with E-state index in [9.17, 15) is 13.6 Å². The van der Waals surface area contributed by atoms with Crippen molar-refractivity contribution in [2.75, 3.05) is 26.2 Å². The van der Waals surface area contributed by atoms with Gasteiger partial charge in [0, 0.05) is 19.6 Å². The monoisotopic (exact) mass is 400 g/mol. The average molecular weight is 400 g/mol. The van der Waals surface area contributed by atoms with Crippen molar-refractivity contribution in [1.29, 1.82) is 0 Å². The number of amides is 1. The molecule has 1 saturated heterocycles. The maximum Gasteiger partial charge on any atom is 0.224 e. The van der Waals surface area contributed by atoms with Gasteiger partial charge in [0.25, 0.3) is 0 Å². The summed E-state index contributed by atoms with van der Waals surface area (Å²) < 4.78 is 32.4. The molecule has 1 fully saturated rings. The molecule has 1 spiro atoms. The highest BCUT2D eigenvalue weighted by molar-refractivity contribution is 5.78. The quantitative estimate of drug-likeness (QED) is 0.755. The molecule has 0 bridgehead atoms. The van der Waals surface area contributed by atoms with E-state index in [1.807, 2.05) is 0 Å². The van der Waals surface area contributed by atoms with Crippen LogP contribution in [0, 0.1) is 11.6 Å². The number of fused-ring (bicyclic) bond motifs is 2. The number of rotatable bonds is 6. The van der Waals surface area contributed by atoms with E-state index in [1.54, 1.807) is 0 Å². The first-order valence-corrected chi connectivity index (χ1v) is 10.2. The van der Waals surface area contributed by atoms with E-state index in [-0.39, 0.29) is 17.9 Å². The summed E-state index contributed by atoms with van der Waals surface area (Å²) in [6.45, 7) is 4.17. The molecule has 6 heteroatoms. The Morgan fingerprint density at radius 1 is 1.10 bits per heavy atom. The highest BCUT2D eigenvalue weighted by Gasteiger charge is 2.42. The smallest absolute Gasteiger partial charge is 0.224 e. The summed E-state index contributed by atoms with van der Waals surface area (Å²) in [5.41, 5.74) is 3.01. The fourth-order valence-electron chi connectivity index (χ4n) is 4.36. The van der Waals surface area contributed by atoms with Crippen LogP contribution in [0.5, 0.6) is 0 Å². The van der Waals surface area contributed by atoms with E-state index in [0.717, 1.165) is 51.0 Å². The molecule has 154 valence electrons. The van der Waals surface area contributed by atoms with Crippen molar-refractivity contribution in [2.24, 2.45) is 0 Å². The maximum absolute atomic E-state index is 13.2. The van der Waals surface area contributed by atoms with Gasteiger partial charge in [-0.15, -0.1) is 0 Å². The fraction of sp³-hybridized carbons (Fsp3) is 0.435. The molecule has 2 aromatic rings. The van der Waals surface area contributed by atoms with Crippen molar-refractivity contribution >= 4 is 5.91 Å². The Bertz CT molecular complexity index is 879. The van der Waals surface area contributed by atoms with Crippen LogP contribution in [0.1, 0.15) is 36.0 Å². The summed E-state index contributed by atoms with van der Waals surface area (Å²) in [7, 11) is 0. The minimum absolute atomic E-state index is 0.0557. The Kier molecular flexibility index (Phi) is 5.92. The van der Waals surface area contributed by atoms with Crippen molar-refractivity contribution in [3.05, 3.63) is 70.8 Å². The van der Waals surface area contributed by atoms with Gasteiger partial charge >= 0.3 is 0 Å². The van der Waals surface area contributed by atoms with Gasteiger partial charge < -0.3 is 15.0 Å². The van der Waals surface area contributed by atoms with E-state index < -0.39 is 11.6 Å². The van der Waals surface area contributed by atoms with E-state index in [2.05, 4.69) is 34.5 Å². The van der Waals surface area contributed by atoms with Crippen LogP contribution in [0.4, 0.5) is 8.78 Å². The van der Waals surface area contributed by atoms with Crippen LogP contribution in [-0.2, 0) is 28.2 Å². The first kappa shape index (κ1) is 20.0. The molecule has 2 aliphatic rings. The third-order valence-corrected chi connectivity index (χ3v) is 6.00. The van der Waals surface area contributed by atoms with Crippen LogP contribution >= 0.6 is 0 Å². The van der Waals surface area contributed by atoms with Crippen LogP contribution in [0.15, 0.2) is 42.5 Å². The van der Waals surface area contributed by atoms with E-state index in [0.29, 0.717) is 18.7 Å². The van der Waals surface area contributed by atoms with E-state index in [1.165, 1.54) is 17.2 Å². The predicted molar refractivity (Wildman–Crippen MR) is 106 cm³/mol. The van der Waals surface area contributed by atoms with Crippen molar-refractivity contribution in [1.82, 2.24) is 10.2 Å². The molecule has 2 aliphatic heterocycles. The van der Waals surface area contributed by atoms with Gasteiger partial charge in [0.05, 0.1) is 18.6 Å². The number of piperidine rings is 1. The molecule has 4 nitrogen and oxygen atoms in total. The maximum atomic E-state index is 13.2. The number of benzene rings is 2. The molecule has 0 saturated carbocycles. The molecule has 2 heterocycles. The zero-order valence-corrected chi connectivity index (χ0v) is 16.4. The van der Waals surface area contributed by atoms with Gasteiger partial charge in [-0.3, -0.25) is 4.79 Å². The molecule has 1 amide bonds. The van der Waals surface area contributed by atoms with Crippen molar-refractivity contribution < 1.29 is 18.3 Å². The molecule has 0 aliphatic carbocycles. The van der Waals surface area contributed by atoms with Crippen molar-refractivity contribution in [3.8, 4) is 0 Å². The second-order valence-corrected chi connectivity index (χ2v) is 7.91. The Morgan fingerprint density at radius 2 is 1.90 bits per heavy atom. The van der Waals surface area contributed by atoms with Gasteiger partial charge in [-0.25, -0.2) is 8.78 Å². The van der Waals surface area contributed by atoms with Crippen LogP contribution in [-0.4, -0.2) is 37.0 Å². The molecular weight excluding hydrogens is 374 g/mol. The molecule has 2 aromatic carbocycles. The first-order valence-electron chi connectivity index (χ1n) is 10.2. The van der Waals surface area contributed by atoms with Gasteiger partial charge in [-0.05, 0) is 54.6 Å². The van der Waals surface area contributed by atoms with E-state index >= 15 is 0 Å². The lowest BCUT2D eigenvalue weighted by Gasteiger charge is -2.39. The van der Waals surface area contributed by atoms with Gasteiger partial charge in [-0.1, -0.05) is 30.3 Å². The number of nitrogens with zero attached hydrogens (tertiary/aromatic N) is 1. The van der Waals surface area contributed by atoms with Crippen LogP contribution in [0.25, 0.3) is 0 Å². The number of hydrogen-bond donors (Lipinski definition) is 1. The largest absolute Gasteiger partial charge is 0.365 e. The zero-order valence-electron chi connectivity index (χ0n) is 16.4. The van der Waals surface area contributed by atoms with E-state index in [4.69, 9.17) is 4.74 Å². The Morgan fingerprint density at radius 3 is 2.69 bits per heavy atom. The van der Waals surface area contributed by atoms with Gasteiger partial charge in [-0.2, -0.15) is 0 Å². The minimum atomic E-state index is -0.924. The lowest BCUT2D eigenvalue weighted by molar-refractivity contribution is -0.120. The van der Waals surface area contributed by atoms with Crippen LogP contribution < -0.4 is 5.32 Å². The first-order chi connectivity index (χ1) is 14.1. The Labute approximate surface area is 169 Å². The number of carbonyl (C=O) groups is 1. The summed E-state index contributed by atoms with van der Waals surface area (Å²) in [4.78, 5) is 14.4. The van der Waals surface area contributed by atoms with Gasteiger partial charge in [0.15, 0.2) is 11.6 Å². The predicted octanol–water partition coefficient (Wildman–Crippen LogP) is 3.54. The highest BCUT2D eigenvalue weighted by Crippen LogP contribution is 2.43. The van der Waals surface area contributed by atoms with Crippen LogP contribution in [0.3, 0.4) is 0 Å². The molecule has 1 N–H and O–H groups in total. The lowest BCUT2D eigenvalue weighted by atomic mass is 9.84. The second kappa shape index (κ2) is 8.59. The summed E-state index contributed by atoms with van der Waals surface area (Å²) >= 11 is 0. The minimum Gasteiger partial charge on any atom is -0.365 e. The van der Waals surface area contributed by atoms with Crippen LogP contribution in [0.2, 0.25) is 0 Å². The molecule has 0 unspecified atom stereocenters. The average Bonchev–Trinajstić information content (AvgIpc) is 3.08. The normalized spacial score (nSPS) is 18.0. The summed E-state index contributed by atoms with van der Waals surface area (Å²) in [6.07, 6.45) is 2.90. The van der Waals surface area contributed by atoms with Gasteiger partial charge in [0.1, 0.15) is 0 Å². The fourth-order valence-corrected chi connectivity index (χ4v) is 4.36. The molecular formula is C23H26F2N2O2. The number of carbonyl (C=O) groups excluding carboxylic acids is 1. The molecule has 4 rings (SSSR count). The number of nitrogens with one attached hydrogen (secondary N) is 1. The number of likely N-dealkylation sites (tertiary alicyclic amines) is 1. The topological polar surface area (TPSA) is 41.6 Å². The third-order valence-electron chi connectivity index (χ3n) is 6.00.